The number of halogens is 6. The van der Waals surface area contributed by atoms with Gasteiger partial charge < -0.3 is 0 Å². The molecular weight excluding hydrogens is 404 g/mol. The summed E-state index contributed by atoms with van der Waals surface area (Å²) in [5.74, 6) is -7.64. The number of carbonyl (C=O) groups excluding carboxylic acids is 1. The maximum absolute atomic E-state index is 13.7. The number of ketones is 1. The molecule has 144 valence electrons. The molecule has 0 unspecified atom stereocenters. The first-order valence-corrected chi connectivity index (χ1v) is 9.37. The summed E-state index contributed by atoms with van der Waals surface area (Å²) < 4.78 is 127. The van der Waals surface area contributed by atoms with E-state index in [1.54, 1.807) is 0 Å². The van der Waals surface area contributed by atoms with Crippen molar-refractivity contribution in [2.45, 2.75) is 43.1 Å². The van der Waals surface area contributed by atoms with Crippen LogP contribution in [0.15, 0.2) is 11.8 Å². The van der Waals surface area contributed by atoms with E-state index in [9.17, 15) is 48.0 Å². The molecule has 0 amide bonds. The number of nitrogens with zero attached hydrogens (tertiary/aromatic N) is 1. The highest BCUT2D eigenvalue weighted by atomic mass is 32.3. The third-order valence-corrected chi connectivity index (χ3v) is 8.02. The van der Waals surface area contributed by atoms with Gasteiger partial charge in [0, 0.05) is 12.5 Å². The van der Waals surface area contributed by atoms with Crippen molar-refractivity contribution in [1.82, 2.24) is 3.71 Å². The van der Waals surface area contributed by atoms with Crippen LogP contribution in [0.25, 0.3) is 0 Å². The molecule has 1 aliphatic heterocycles. The van der Waals surface area contributed by atoms with Crippen LogP contribution in [0.3, 0.4) is 0 Å². The van der Waals surface area contributed by atoms with Crippen LogP contribution < -0.4 is 0 Å². The molecule has 25 heavy (non-hydrogen) atoms. The van der Waals surface area contributed by atoms with Gasteiger partial charge in [-0.05, 0) is 11.8 Å². The minimum atomic E-state index is -6.80. The van der Waals surface area contributed by atoms with Crippen LogP contribution >= 0.6 is 0 Å². The van der Waals surface area contributed by atoms with Gasteiger partial charge in [0.1, 0.15) is 0 Å². The summed E-state index contributed by atoms with van der Waals surface area (Å²) in [5, 5.41) is -12.8. The molecule has 1 fully saturated rings. The highest BCUT2D eigenvalue weighted by molar-refractivity contribution is 8.06. The predicted molar refractivity (Wildman–Crippen MR) is 70.6 cm³/mol. The van der Waals surface area contributed by atoms with E-state index in [0.29, 0.717) is 0 Å². The van der Waals surface area contributed by atoms with E-state index in [1.165, 1.54) is 13.8 Å². The van der Waals surface area contributed by atoms with Gasteiger partial charge in [-0.3, -0.25) is 4.79 Å². The standard InChI is InChI=1S/C11H11F6NO5S2/c1-8(2)4-6(3-7(19)5-8)18-24(20,21)10(14,15)9(12,13)11(16,17)25(18,22)23/h3H,4-5H2,1-2H3. The van der Waals surface area contributed by atoms with Gasteiger partial charge in [-0.1, -0.05) is 13.8 Å². The number of allylic oxidation sites excluding steroid dienone is 2. The lowest BCUT2D eigenvalue weighted by Gasteiger charge is -2.43. The Morgan fingerprint density at radius 1 is 0.880 bits per heavy atom. The molecule has 2 rings (SSSR count). The molecule has 0 saturated carbocycles. The zero-order valence-corrected chi connectivity index (χ0v) is 14.2. The lowest BCUT2D eigenvalue weighted by Crippen LogP contribution is -2.71. The van der Waals surface area contributed by atoms with Crippen molar-refractivity contribution < 1.29 is 48.0 Å². The van der Waals surface area contributed by atoms with Crippen molar-refractivity contribution in [1.29, 1.82) is 0 Å². The molecule has 0 bridgehead atoms. The van der Waals surface area contributed by atoms with E-state index in [0.717, 1.165) is 0 Å². The van der Waals surface area contributed by atoms with Crippen LogP contribution in [0.4, 0.5) is 26.3 Å². The maximum Gasteiger partial charge on any atom is 0.434 e. The molecule has 14 heteroatoms. The number of hydrogen-bond acceptors (Lipinski definition) is 5. The third-order valence-electron chi connectivity index (χ3n) is 3.69. The fourth-order valence-corrected chi connectivity index (χ4v) is 6.40. The smallest absolute Gasteiger partial charge is 0.295 e. The summed E-state index contributed by atoms with van der Waals surface area (Å²) in [6.07, 6.45) is -0.682. The van der Waals surface area contributed by atoms with Gasteiger partial charge in [0.25, 0.3) is 0 Å². The second-order valence-electron chi connectivity index (χ2n) is 6.43. The second kappa shape index (κ2) is 4.90. The Bertz CT molecular complexity index is 827. The van der Waals surface area contributed by atoms with Crippen molar-refractivity contribution in [3.63, 3.8) is 0 Å². The number of rotatable bonds is 1. The van der Waals surface area contributed by atoms with Gasteiger partial charge in [0.2, 0.25) is 0 Å². The molecule has 1 saturated heterocycles. The van der Waals surface area contributed by atoms with E-state index in [4.69, 9.17) is 0 Å². The molecule has 0 atom stereocenters. The zero-order chi connectivity index (χ0) is 19.9. The molecule has 1 aliphatic carbocycles. The lowest BCUT2D eigenvalue weighted by molar-refractivity contribution is -0.249. The molecule has 2 aliphatic rings. The first kappa shape index (κ1) is 20.0. The normalized spacial score (nSPS) is 31.3. The fourth-order valence-electron chi connectivity index (χ4n) is 2.57. The summed E-state index contributed by atoms with van der Waals surface area (Å²) in [4.78, 5) is 11.6. The molecule has 6 nitrogen and oxygen atoms in total. The Kier molecular flexibility index (Phi) is 3.92. The molecule has 0 spiro atoms. The maximum atomic E-state index is 13.7. The van der Waals surface area contributed by atoms with Gasteiger partial charge in [-0.25, -0.2) is 0 Å². The Morgan fingerprint density at radius 3 is 1.64 bits per heavy atom. The minimum absolute atomic E-state index is 0.257. The summed E-state index contributed by atoms with van der Waals surface area (Å²) >= 11 is 0. The topological polar surface area (TPSA) is 88.6 Å². The van der Waals surface area contributed by atoms with Crippen molar-refractivity contribution >= 4 is 25.8 Å². The molecule has 0 radical (unpaired) electrons. The van der Waals surface area contributed by atoms with Crippen LogP contribution in [-0.2, 0) is 24.8 Å². The molecule has 1 heterocycles. The average Bonchev–Trinajstić information content (AvgIpc) is 2.33. The molecule has 0 aromatic rings. The van der Waals surface area contributed by atoms with E-state index in [1.807, 2.05) is 0 Å². The van der Waals surface area contributed by atoms with E-state index < -0.39 is 63.5 Å². The number of carbonyl (C=O) groups is 1. The van der Waals surface area contributed by atoms with Crippen LogP contribution in [0.5, 0.6) is 0 Å². The highest BCUT2D eigenvalue weighted by Gasteiger charge is 2.89. The Balaban J connectivity index is 2.84. The van der Waals surface area contributed by atoms with Crippen molar-refractivity contribution in [2.24, 2.45) is 5.41 Å². The fraction of sp³-hybridized carbons (Fsp3) is 0.727. The van der Waals surface area contributed by atoms with Gasteiger partial charge >= 0.3 is 36.5 Å². The molecule has 0 N–H and O–H groups in total. The number of sulfonamides is 2. The van der Waals surface area contributed by atoms with Crippen molar-refractivity contribution in [3.8, 4) is 0 Å². The largest absolute Gasteiger partial charge is 0.434 e. The zero-order valence-electron chi connectivity index (χ0n) is 12.6. The Labute approximate surface area is 138 Å². The average molecular weight is 415 g/mol. The third kappa shape index (κ3) is 2.32. The van der Waals surface area contributed by atoms with E-state index >= 15 is 0 Å². The van der Waals surface area contributed by atoms with Crippen LogP contribution in [0, 0.1) is 5.41 Å². The quantitative estimate of drug-likeness (QED) is 0.612. The van der Waals surface area contributed by atoms with Crippen molar-refractivity contribution in [3.05, 3.63) is 11.8 Å². The lowest BCUT2D eigenvalue weighted by atomic mass is 9.79. The van der Waals surface area contributed by atoms with Gasteiger partial charge in [0.15, 0.2) is 5.78 Å². The number of hydrogen-bond donors (Lipinski definition) is 0. The van der Waals surface area contributed by atoms with E-state index in [-0.39, 0.29) is 12.5 Å². The molecule has 0 aromatic heterocycles. The monoisotopic (exact) mass is 415 g/mol. The SMILES string of the molecule is CC1(C)CC(=O)C=C(N2S(=O)(=O)C(F)(F)C(F)(F)C(F)(F)S2(=O)=O)C1. The molecular formula is C11H11F6NO5S2. The van der Waals surface area contributed by atoms with Crippen LogP contribution in [-0.4, -0.2) is 42.8 Å². The Morgan fingerprint density at radius 2 is 1.28 bits per heavy atom. The van der Waals surface area contributed by atoms with Gasteiger partial charge in [-0.15, -0.1) is 0 Å². The summed E-state index contributed by atoms with van der Waals surface area (Å²) in [6.45, 7) is 2.62. The number of alkyl halides is 6. The van der Waals surface area contributed by atoms with Gasteiger partial charge in [-0.2, -0.15) is 46.9 Å². The van der Waals surface area contributed by atoms with Crippen molar-refractivity contribution in [2.75, 3.05) is 0 Å². The summed E-state index contributed by atoms with van der Waals surface area (Å²) in [7, 11) is -13.6. The van der Waals surface area contributed by atoms with E-state index in [2.05, 4.69) is 0 Å². The minimum Gasteiger partial charge on any atom is -0.295 e. The highest BCUT2D eigenvalue weighted by Crippen LogP contribution is 2.58. The summed E-state index contributed by atoms with van der Waals surface area (Å²) in [6, 6.07) is 0. The van der Waals surface area contributed by atoms with Crippen LogP contribution in [0.1, 0.15) is 26.7 Å². The predicted octanol–water partition coefficient (Wildman–Crippen LogP) is 2.06. The van der Waals surface area contributed by atoms with Gasteiger partial charge in [0.05, 0.1) is 5.70 Å². The summed E-state index contributed by atoms with van der Waals surface area (Å²) in [5.41, 5.74) is -2.41. The molecule has 0 aromatic carbocycles. The first-order chi connectivity index (χ1) is 10.8. The Hall–Kier alpha value is -1.31. The van der Waals surface area contributed by atoms with Crippen LogP contribution in [0.2, 0.25) is 0 Å². The second-order valence-corrected chi connectivity index (χ2v) is 10.3. The first-order valence-electron chi connectivity index (χ1n) is 6.49.